The lowest BCUT2D eigenvalue weighted by molar-refractivity contribution is 0.209. The maximum Gasteiger partial charge on any atom is 0.0351 e. The molecule has 1 heterocycles. The van der Waals surface area contributed by atoms with Gasteiger partial charge in [0, 0.05) is 25.5 Å². The van der Waals surface area contributed by atoms with Crippen molar-refractivity contribution in [1.29, 1.82) is 0 Å². The first-order valence-corrected chi connectivity index (χ1v) is 6.20. The van der Waals surface area contributed by atoms with Crippen LogP contribution in [-0.2, 0) is 0 Å². The van der Waals surface area contributed by atoms with E-state index < -0.39 is 0 Å². The highest BCUT2D eigenvalue weighted by atomic mass is 35.5. The predicted octanol–water partition coefficient (Wildman–Crippen LogP) is 3.16. The van der Waals surface area contributed by atoms with Gasteiger partial charge in [-0.3, -0.25) is 0 Å². The smallest absolute Gasteiger partial charge is 0.0351 e. The van der Waals surface area contributed by atoms with Crippen molar-refractivity contribution in [3.05, 3.63) is 0 Å². The summed E-state index contributed by atoms with van der Waals surface area (Å²) in [5.74, 6) is 2.77. The zero-order chi connectivity index (χ0) is 9.10. The van der Waals surface area contributed by atoms with E-state index >= 15 is 0 Å². The first-order valence-electron chi connectivity index (χ1n) is 5.67. The van der Waals surface area contributed by atoms with E-state index in [9.17, 15) is 0 Å². The van der Waals surface area contributed by atoms with E-state index in [-0.39, 0.29) is 12.4 Å². The van der Waals surface area contributed by atoms with E-state index in [2.05, 4.69) is 4.90 Å². The molecular weight excluding hydrogens is 217 g/mol. The Morgan fingerprint density at radius 2 is 1.57 bits per heavy atom. The van der Waals surface area contributed by atoms with Crippen molar-refractivity contribution in [3.63, 3.8) is 0 Å². The summed E-state index contributed by atoms with van der Waals surface area (Å²) in [7, 11) is 0. The molecule has 2 aliphatic rings. The summed E-state index contributed by atoms with van der Waals surface area (Å²) >= 11 is 5.80. The van der Waals surface area contributed by atoms with Crippen molar-refractivity contribution in [2.75, 3.05) is 25.5 Å². The standard InChI is InChI=1S/C11H20ClN.ClH/c12-6-7-13-8-10-2-1-3-11(9-13)5-4-10;/h10-11H,1-9H2;1H. The molecule has 0 N–H and O–H groups in total. The molecule has 0 amide bonds. The highest BCUT2D eigenvalue weighted by molar-refractivity contribution is 6.18. The Labute approximate surface area is 98.6 Å². The van der Waals surface area contributed by atoms with Crippen molar-refractivity contribution in [1.82, 2.24) is 4.90 Å². The number of alkyl halides is 1. The zero-order valence-electron chi connectivity index (χ0n) is 8.75. The van der Waals surface area contributed by atoms with Gasteiger partial charge in [-0.25, -0.2) is 0 Å². The summed E-state index contributed by atoms with van der Waals surface area (Å²) in [4.78, 5) is 2.59. The van der Waals surface area contributed by atoms with Gasteiger partial charge in [0.15, 0.2) is 0 Å². The van der Waals surface area contributed by atoms with Crippen LogP contribution in [0.2, 0.25) is 0 Å². The van der Waals surface area contributed by atoms with Crippen molar-refractivity contribution in [2.45, 2.75) is 32.1 Å². The SMILES string of the molecule is Cl.ClCCN1CC2CCCC(CC2)C1. The molecule has 2 fully saturated rings. The average molecular weight is 238 g/mol. The number of rotatable bonds is 2. The van der Waals surface area contributed by atoms with Gasteiger partial charge in [-0.05, 0) is 37.5 Å². The normalized spacial score (nSPS) is 33.2. The number of fused-ring (bicyclic) bond motifs is 3. The zero-order valence-corrected chi connectivity index (χ0v) is 10.3. The molecule has 1 nitrogen and oxygen atoms in total. The fraction of sp³-hybridized carbons (Fsp3) is 1.00. The van der Waals surface area contributed by atoms with Crippen LogP contribution < -0.4 is 0 Å². The highest BCUT2D eigenvalue weighted by Gasteiger charge is 2.26. The van der Waals surface area contributed by atoms with Crippen LogP contribution in [0, 0.1) is 11.8 Å². The molecule has 0 aromatic rings. The van der Waals surface area contributed by atoms with Crippen LogP contribution in [0.15, 0.2) is 0 Å². The Balaban J connectivity index is 0.000000980. The number of hydrogen-bond acceptors (Lipinski definition) is 1. The van der Waals surface area contributed by atoms with E-state index in [1.54, 1.807) is 0 Å². The summed E-state index contributed by atoms with van der Waals surface area (Å²) in [6, 6.07) is 0. The number of likely N-dealkylation sites (tertiary alicyclic amines) is 1. The summed E-state index contributed by atoms with van der Waals surface area (Å²) in [5.41, 5.74) is 0. The van der Waals surface area contributed by atoms with Crippen molar-refractivity contribution in [2.24, 2.45) is 11.8 Å². The summed E-state index contributed by atoms with van der Waals surface area (Å²) < 4.78 is 0. The van der Waals surface area contributed by atoms with Crippen molar-refractivity contribution >= 4 is 24.0 Å². The molecule has 3 heteroatoms. The first kappa shape index (κ1) is 12.6. The van der Waals surface area contributed by atoms with E-state index in [1.165, 1.54) is 45.2 Å². The Hall–Kier alpha value is 0.540. The monoisotopic (exact) mass is 237 g/mol. The van der Waals surface area contributed by atoms with E-state index in [1.807, 2.05) is 0 Å². The van der Waals surface area contributed by atoms with Crippen molar-refractivity contribution in [3.8, 4) is 0 Å². The maximum atomic E-state index is 5.80. The second kappa shape index (κ2) is 6.19. The van der Waals surface area contributed by atoms with Gasteiger partial charge in [-0.15, -0.1) is 24.0 Å². The highest BCUT2D eigenvalue weighted by Crippen LogP contribution is 2.31. The minimum absolute atomic E-state index is 0. The van der Waals surface area contributed by atoms with Gasteiger partial charge in [-0.1, -0.05) is 6.42 Å². The molecule has 1 saturated heterocycles. The fourth-order valence-electron chi connectivity index (χ4n) is 2.93. The van der Waals surface area contributed by atoms with Crippen LogP contribution in [0.25, 0.3) is 0 Å². The minimum Gasteiger partial charge on any atom is -0.302 e. The van der Waals surface area contributed by atoms with E-state index in [0.29, 0.717) is 0 Å². The summed E-state index contributed by atoms with van der Waals surface area (Å²) in [6.07, 6.45) is 7.36. The lowest BCUT2D eigenvalue weighted by atomic mass is 10.00. The fourth-order valence-corrected chi connectivity index (χ4v) is 3.17. The predicted molar refractivity (Wildman–Crippen MR) is 64.5 cm³/mol. The van der Waals surface area contributed by atoms with Gasteiger partial charge < -0.3 is 4.90 Å². The quantitative estimate of drug-likeness (QED) is 0.668. The van der Waals surface area contributed by atoms with Gasteiger partial charge in [0.25, 0.3) is 0 Å². The molecule has 2 bridgehead atoms. The molecular formula is C11H21Cl2N. The molecule has 84 valence electrons. The van der Waals surface area contributed by atoms with Crippen LogP contribution in [0.4, 0.5) is 0 Å². The molecule has 2 atom stereocenters. The minimum atomic E-state index is 0. The largest absolute Gasteiger partial charge is 0.302 e. The molecule has 14 heavy (non-hydrogen) atoms. The topological polar surface area (TPSA) is 3.24 Å². The Kier molecular flexibility index (Phi) is 5.58. The van der Waals surface area contributed by atoms with Gasteiger partial charge in [-0.2, -0.15) is 0 Å². The summed E-state index contributed by atoms with van der Waals surface area (Å²) in [6.45, 7) is 3.75. The molecule has 1 aliphatic carbocycles. The van der Waals surface area contributed by atoms with Crippen LogP contribution in [0.3, 0.4) is 0 Å². The average Bonchev–Trinajstić information content (AvgIpc) is 2.37. The number of hydrogen-bond donors (Lipinski definition) is 0. The Morgan fingerprint density at radius 1 is 1.00 bits per heavy atom. The Bertz CT molecular complexity index is 149. The molecule has 1 aliphatic heterocycles. The van der Waals surface area contributed by atoms with Gasteiger partial charge in [0.2, 0.25) is 0 Å². The van der Waals surface area contributed by atoms with Crippen LogP contribution in [0.1, 0.15) is 32.1 Å². The van der Waals surface area contributed by atoms with Gasteiger partial charge in [0.1, 0.15) is 0 Å². The third kappa shape index (κ3) is 3.29. The number of nitrogens with zero attached hydrogens (tertiary/aromatic N) is 1. The Morgan fingerprint density at radius 3 is 2.07 bits per heavy atom. The van der Waals surface area contributed by atoms with Gasteiger partial charge in [0.05, 0.1) is 0 Å². The molecule has 0 aromatic carbocycles. The molecule has 0 radical (unpaired) electrons. The molecule has 0 spiro atoms. The lowest BCUT2D eigenvalue weighted by Gasteiger charge is -2.27. The molecule has 2 unspecified atom stereocenters. The molecule has 2 rings (SSSR count). The number of halogens is 2. The van der Waals surface area contributed by atoms with Crippen LogP contribution >= 0.6 is 24.0 Å². The van der Waals surface area contributed by atoms with Crippen LogP contribution in [-0.4, -0.2) is 30.4 Å². The second-order valence-electron chi connectivity index (χ2n) is 4.69. The van der Waals surface area contributed by atoms with Gasteiger partial charge >= 0.3 is 0 Å². The van der Waals surface area contributed by atoms with E-state index in [0.717, 1.165) is 24.3 Å². The summed E-state index contributed by atoms with van der Waals surface area (Å²) in [5, 5.41) is 0. The first-order chi connectivity index (χ1) is 6.38. The van der Waals surface area contributed by atoms with Crippen LogP contribution in [0.5, 0.6) is 0 Å². The lowest BCUT2D eigenvalue weighted by Crippen LogP contribution is -2.34. The third-order valence-corrected chi connectivity index (χ3v) is 3.81. The van der Waals surface area contributed by atoms with Crippen molar-refractivity contribution < 1.29 is 0 Å². The maximum absolute atomic E-state index is 5.80. The third-order valence-electron chi connectivity index (χ3n) is 3.64. The second-order valence-corrected chi connectivity index (χ2v) is 5.07. The van der Waals surface area contributed by atoms with E-state index in [4.69, 9.17) is 11.6 Å². The molecule has 0 aromatic heterocycles. The molecule has 1 saturated carbocycles.